The third kappa shape index (κ3) is 2.88. The molecule has 1 aromatic heterocycles. The molecule has 0 aliphatic heterocycles. The SMILES string of the molecule is Cc1noc(C)c1CNc1ccc(C(=O)O)cc1Cl. The number of aryl methyl sites for hydroxylation is 2. The van der Waals surface area contributed by atoms with E-state index in [1.54, 1.807) is 6.07 Å². The van der Waals surface area contributed by atoms with Crippen LogP contribution in [0.3, 0.4) is 0 Å². The van der Waals surface area contributed by atoms with E-state index in [1.807, 2.05) is 13.8 Å². The van der Waals surface area contributed by atoms with Gasteiger partial charge in [-0.3, -0.25) is 0 Å². The summed E-state index contributed by atoms with van der Waals surface area (Å²) in [4.78, 5) is 10.8. The van der Waals surface area contributed by atoms with Crippen LogP contribution in [0.5, 0.6) is 0 Å². The minimum Gasteiger partial charge on any atom is -0.478 e. The van der Waals surface area contributed by atoms with Gasteiger partial charge in [-0.1, -0.05) is 16.8 Å². The fraction of sp³-hybridized carbons (Fsp3) is 0.231. The second-order valence-electron chi connectivity index (χ2n) is 4.16. The van der Waals surface area contributed by atoms with Crippen molar-refractivity contribution >= 4 is 23.3 Å². The highest BCUT2D eigenvalue weighted by atomic mass is 35.5. The molecule has 0 unspecified atom stereocenters. The number of nitrogens with zero attached hydrogens (tertiary/aromatic N) is 1. The van der Waals surface area contributed by atoms with Crippen molar-refractivity contribution in [1.29, 1.82) is 0 Å². The van der Waals surface area contributed by atoms with Crippen LogP contribution in [0, 0.1) is 13.8 Å². The molecule has 0 aliphatic rings. The van der Waals surface area contributed by atoms with E-state index in [0.29, 0.717) is 17.3 Å². The molecule has 5 nitrogen and oxygen atoms in total. The number of aromatic carboxylic acids is 1. The summed E-state index contributed by atoms with van der Waals surface area (Å²) in [6, 6.07) is 4.56. The summed E-state index contributed by atoms with van der Waals surface area (Å²) in [6.45, 7) is 4.22. The fourth-order valence-electron chi connectivity index (χ4n) is 1.73. The van der Waals surface area contributed by atoms with Gasteiger partial charge in [-0.2, -0.15) is 0 Å². The summed E-state index contributed by atoms with van der Waals surface area (Å²) in [5.41, 5.74) is 2.63. The van der Waals surface area contributed by atoms with Gasteiger partial charge in [0.15, 0.2) is 0 Å². The summed E-state index contributed by atoms with van der Waals surface area (Å²) in [7, 11) is 0. The maximum absolute atomic E-state index is 10.8. The van der Waals surface area contributed by atoms with Gasteiger partial charge in [0, 0.05) is 12.1 Å². The second-order valence-corrected chi connectivity index (χ2v) is 4.56. The number of aromatic nitrogens is 1. The highest BCUT2D eigenvalue weighted by molar-refractivity contribution is 6.33. The second kappa shape index (κ2) is 5.32. The smallest absolute Gasteiger partial charge is 0.335 e. The summed E-state index contributed by atoms with van der Waals surface area (Å²) in [5, 5.41) is 16.2. The highest BCUT2D eigenvalue weighted by Crippen LogP contribution is 2.24. The lowest BCUT2D eigenvalue weighted by Gasteiger charge is -2.08. The van der Waals surface area contributed by atoms with Gasteiger partial charge < -0.3 is 14.9 Å². The third-order valence-corrected chi connectivity index (χ3v) is 3.17. The molecule has 0 fully saturated rings. The number of benzene rings is 1. The number of hydrogen-bond acceptors (Lipinski definition) is 4. The summed E-state index contributed by atoms with van der Waals surface area (Å²) < 4.78 is 5.06. The molecule has 0 saturated carbocycles. The van der Waals surface area contributed by atoms with E-state index in [-0.39, 0.29) is 5.56 Å². The molecule has 0 amide bonds. The molecule has 2 rings (SSSR count). The number of hydrogen-bond donors (Lipinski definition) is 2. The first-order valence-corrected chi connectivity index (χ1v) is 6.05. The average Bonchev–Trinajstić information content (AvgIpc) is 2.68. The molecule has 0 atom stereocenters. The third-order valence-electron chi connectivity index (χ3n) is 2.85. The molecule has 19 heavy (non-hydrogen) atoms. The highest BCUT2D eigenvalue weighted by Gasteiger charge is 2.10. The molecular formula is C13H13ClN2O3. The molecule has 0 spiro atoms. The fourth-order valence-corrected chi connectivity index (χ4v) is 1.98. The molecule has 0 bridgehead atoms. The van der Waals surface area contributed by atoms with Gasteiger partial charge in [-0.15, -0.1) is 0 Å². The van der Waals surface area contributed by atoms with E-state index in [1.165, 1.54) is 12.1 Å². The molecule has 6 heteroatoms. The number of carboxylic acids is 1. The van der Waals surface area contributed by atoms with Crippen LogP contribution in [-0.4, -0.2) is 16.2 Å². The Morgan fingerprint density at radius 3 is 2.74 bits per heavy atom. The number of nitrogens with one attached hydrogen (secondary N) is 1. The Hall–Kier alpha value is -2.01. The largest absolute Gasteiger partial charge is 0.478 e. The number of carboxylic acid groups (broad SMARTS) is 1. The van der Waals surface area contributed by atoms with Crippen LogP contribution in [0.2, 0.25) is 5.02 Å². The van der Waals surface area contributed by atoms with Gasteiger partial charge >= 0.3 is 5.97 Å². The van der Waals surface area contributed by atoms with Crippen molar-refractivity contribution in [3.63, 3.8) is 0 Å². The van der Waals surface area contributed by atoms with Crippen molar-refractivity contribution < 1.29 is 14.4 Å². The predicted octanol–water partition coefficient (Wildman–Crippen LogP) is 3.26. The maximum atomic E-state index is 10.8. The number of halogens is 1. The molecule has 2 aromatic rings. The van der Waals surface area contributed by atoms with Crippen LogP contribution in [0.4, 0.5) is 5.69 Å². The van der Waals surface area contributed by atoms with Gasteiger partial charge in [0.1, 0.15) is 5.76 Å². The topological polar surface area (TPSA) is 75.4 Å². The van der Waals surface area contributed by atoms with E-state index in [0.717, 1.165) is 17.0 Å². The molecule has 2 N–H and O–H groups in total. The van der Waals surface area contributed by atoms with E-state index in [2.05, 4.69) is 10.5 Å². The van der Waals surface area contributed by atoms with Crippen molar-refractivity contribution in [3.05, 3.63) is 45.8 Å². The summed E-state index contributed by atoms with van der Waals surface area (Å²) in [6.07, 6.45) is 0. The lowest BCUT2D eigenvalue weighted by molar-refractivity contribution is 0.0697. The zero-order valence-electron chi connectivity index (χ0n) is 10.5. The zero-order chi connectivity index (χ0) is 14.0. The number of rotatable bonds is 4. The zero-order valence-corrected chi connectivity index (χ0v) is 11.3. The molecule has 0 saturated heterocycles. The Bertz CT molecular complexity index is 603. The lowest BCUT2D eigenvalue weighted by Crippen LogP contribution is -2.03. The minimum absolute atomic E-state index is 0.160. The van der Waals surface area contributed by atoms with Crippen molar-refractivity contribution in [1.82, 2.24) is 5.16 Å². The van der Waals surface area contributed by atoms with Crippen LogP contribution < -0.4 is 5.32 Å². The predicted molar refractivity (Wildman–Crippen MR) is 71.7 cm³/mol. The van der Waals surface area contributed by atoms with Crippen molar-refractivity contribution in [3.8, 4) is 0 Å². The molecular weight excluding hydrogens is 268 g/mol. The Morgan fingerprint density at radius 2 is 2.21 bits per heavy atom. The standard InChI is InChI=1S/C13H13ClN2O3/c1-7-10(8(2)19-16-7)6-15-12-4-3-9(13(17)18)5-11(12)14/h3-5,15H,6H2,1-2H3,(H,17,18). The van der Waals surface area contributed by atoms with Gasteiger partial charge in [0.2, 0.25) is 0 Å². The van der Waals surface area contributed by atoms with Crippen molar-refractivity contribution in [2.45, 2.75) is 20.4 Å². The van der Waals surface area contributed by atoms with E-state index in [9.17, 15) is 4.79 Å². The first-order chi connectivity index (χ1) is 8.99. The summed E-state index contributed by atoms with van der Waals surface area (Å²) in [5.74, 6) is -0.248. The summed E-state index contributed by atoms with van der Waals surface area (Å²) >= 11 is 6.03. The Kier molecular flexibility index (Phi) is 3.76. The van der Waals surface area contributed by atoms with E-state index < -0.39 is 5.97 Å². The van der Waals surface area contributed by atoms with E-state index >= 15 is 0 Å². The van der Waals surface area contributed by atoms with Crippen LogP contribution >= 0.6 is 11.6 Å². The monoisotopic (exact) mass is 280 g/mol. The molecule has 1 heterocycles. The minimum atomic E-state index is -1.00. The van der Waals surface area contributed by atoms with Gasteiger partial charge in [-0.25, -0.2) is 4.79 Å². The quantitative estimate of drug-likeness (QED) is 0.899. The number of anilines is 1. The Labute approximate surface area is 115 Å². The van der Waals surface area contributed by atoms with Gasteiger partial charge in [0.05, 0.1) is 22.0 Å². The molecule has 0 aliphatic carbocycles. The molecule has 0 radical (unpaired) electrons. The average molecular weight is 281 g/mol. The maximum Gasteiger partial charge on any atom is 0.335 e. The first kappa shape index (κ1) is 13.4. The van der Waals surface area contributed by atoms with Crippen LogP contribution in [0.1, 0.15) is 27.4 Å². The van der Waals surface area contributed by atoms with E-state index in [4.69, 9.17) is 21.2 Å². The lowest BCUT2D eigenvalue weighted by atomic mass is 10.2. The number of carbonyl (C=O) groups is 1. The Balaban J connectivity index is 2.14. The Morgan fingerprint density at radius 1 is 1.47 bits per heavy atom. The van der Waals surface area contributed by atoms with Crippen LogP contribution in [-0.2, 0) is 6.54 Å². The normalized spacial score (nSPS) is 10.5. The molecule has 1 aromatic carbocycles. The first-order valence-electron chi connectivity index (χ1n) is 5.67. The van der Waals surface area contributed by atoms with Gasteiger partial charge in [0.25, 0.3) is 0 Å². The molecule has 100 valence electrons. The van der Waals surface area contributed by atoms with Crippen LogP contribution in [0.15, 0.2) is 22.7 Å². The van der Waals surface area contributed by atoms with Gasteiger partial charge in [-0.05, 0) is 32.0 Å². The van der Waals surface area contributed by atoms with Crippen molar-refractivity contribution in [2.75, 3.05) is 5.32 Å². The van der Waals surface area contributed by atoms with Crippen molar-refractivity contribution in [2.24, 2.45) is 0 Å². The van der Waals surface area contributed by atoms with Crippen LogP contribution in [0.25, 0.3) is 0 Å².